The van der Waals surface area contributed by atoms with Crippen molar-refractivity contribution in [3.8, 4) is 17.1 Å². The molecule has 146 valence electrons. The van der Waals surface area contributed by atoms with Gasteiger partial charge < -0.3 is 14.8 Å². The number of carbonyl (C=O) groups is 2. The molecule has 1 atom stereocenters. The van der Waals surface area contributed by atoms with Crippen LogP contribution in [-0.4, -0.2) is 44.8 Å². The summed E-state index contributed by atoms with van der Waals surface area (Å²) in [5.74, 6) is 0.0594. The molecule has 0 saturated carbocycles. The molecular formula is C18H19N5O4S. The van der Waals surface area contributed by atoms with E-state index < -0.39 is 18.0 Å². The van der Waals surface area contributed by atoms with Gasteiger partial charge in [-0.05, 0) is 54.8 Å². The van der Waals surface area contributed by atoms with Gasteiger partial charge in [0.15, 0.2) is 12.6 Å². The van der Waals surface area contributed by atoms with Gasteiger partial charge in [0.2, 0.25) is 5.82 Å². The number of thiophene rings is 1. The van der Waals surface area contributed by atoms with Crippen LogP contribution in [0.2, 0.25) is 0 Å². The third kappa shape index (κ3) is 5.13. The van der Waals surface area contributed by atoms with E-state index in [2.05, 4.69) is 20.7 Å². The molecule has 0 aliphatic rings. The molecule has 3 aromatic rings. The van der Waals surface area contributed by atoms with E-state index in [4.69, 9.17) is 9.47 Å². The molecule has 28 heavy (non-hydrogen) atoms. The molecule has 0 fully saturated rings. The third-order valence-corrected chi connectivity index (χ3v) is 4.30. The van der Waals surface area contributed by atoms with Crippen molar-refractivity contribution < 1.29 is 19.1 Å². The van der Waals surface area contributed by atoms with Gasteiger partial charge in [-0.25, -0.2) is 4.79 Å². The topological polar surface area (TPSA) is 108 Å². The number of benzene rings is 1. The number of hydrogen-bond donors (Lipinski definition) is 1. The Labute approximate surface area is 165 Å². The largest absolute Gasteiger partial charge is 0.494 e. The van der Waals surface area contributed by atoms with Crippen molar-refractivity contribution in [1.29, 1.82) is 0 Å². The summed E-state index contributed by atoms with van der Waals surface area (Å²) >= 11 is 1.51. The van der Waals surface area contributed by atoms with Gasteiger partial charge in [0.1, 0.15) is 5.75 Å². The number of nitrogens with zero attached hydrogens (tertiary/aromatic N) is 4. The Bertz CT molecular complexity index is 924. The number of carbonyl (C=O) groups excluding carboxylic acids is 2. The molecule has 1 N–H and O–H groups in total. The summed E-state index contributed by atoms with van der Waals surface area (Å²) in [6.45, 7) is 3.71. The molecule has 1 amide bonds. The molecule has 2 heterocycles. The van der Waals surface area contributed by atoms with E-state index in [9.17, 15) is 9.59 Å². The fraction of sp³-hybridized carbons (Fsp3) is 0.278. The van der Waals surface area contributed by atoms with E-state index in [-0.39, 0.29) is 6.54 Å². The van der Waals surface area contributed by atoms with Crippen LogP contribution in [-0.2, 0) is 20.9 Å². The average Bonchev–Trinajstić information content (AvgIpc) is 3.35. The Morgan fingerprint density at radius 2 is 2.04 bits per heavy atom. The highest BCUT2D eigenvalue weighted by Crippen LogP contribution is 2.17. The standard InChI is InChI=1S/C18H19N5O4S/c1-3-26-15-6-4-14(5-7-15)19-18(25)12(2)27-16(24)10-23-21-17(20-22-23)13-8-9-28-11-13/h4-9,11-12H,3,10H2,1-2H3,(H,19,25)/t12-/m0/s1. The maximum absolute atomic E-state index is 12.2. The minimum absolute atomic E-state index is 0.238. The van der Waals surface area contributed by atoms with E-state index in [0.717, 1.165) is 10.4 Å². The zero-order valence-corrected chi connectivity index (χ0v) is 16.2. The van der Waals surface area contributed by atoms with Gasteiger partial charge in [0.25, 0.3) is 5.91 Å². The molecule has 0 unspecified atom stereocenters. The predicted octanol–water partition coefficient (Wildman–Crippen LogP) is 2.37. The number of amides is 1. The van der Waals surface area contributed by atoms with E-state index >= 15 is 0 Å². The van der Waals surface area contributed by atoms with E-state index in [1.807, 2.05) is 23.8 Å². The Kier molecular flexibility index (Phi) is 6.33. The average molecular weight is 401 g/mol. The molecule has 0 spiro atoms. The summed E-state index contributed by atoms with van der Waals surface area (Å²) in [6, 6.07) is 8.78. The number of esters is 1. The number of hydrogen-bond acceptors (Lipinski definition) is 8. The van der Waals surface area contributed by atoms with Crippen molar-refractivity contribution in [3.63, 3.8) is 0 Å². The lowest BCUT2D eigenvalue weighted by molar-refractivity contribution is -0.154. The summed E-state index contributed by atoms with van der Waals surface area (Å²) in [4.78, 5) is 25.4. The Morgan fingerprint density at radius 1 is 1.25 bits per heavy atom. The first kappa shape index (κ1) is 19.5. The van der Waals surface area contributed by atoms with E-state index in [1.165, 1.54) is 18.3 Å². The normalized spacial score (nSPS) is 11.6. The second-order valence-electron chi connectivity index (χ2n) is 5.73. The van der Waals surface area contributed by atoms with Crippen LogP contribution in [0.25, 0.3) is 11.4 Å². The fourth-order valence-corrected chi connectivity index (χ4v) is 2.90. The fourth-order valence-electron chi connectivity index (χ4n) is 2.27. The van der Waals surface area contributed by atoms with Crippen molar-refractivity contribution in [3.05, 3.63) is 41.1 Å². The van der Waals surface area contributed by atoms with Crippen LogP contribution in [0.4, 0.5) is 5.69 Å². The SMILES string of the molecule is CCOc1ccc(NC(=O)[C@H](C)OC(=O)Cn2nnc(-c3ccsc3)n2)cc1. The van der Waals surface area contributed by atoms with Crippen LogP contribution in [0.5, 0.6) is 5.75 Å². The van der Waals surface area contributed by atoms with Crippen LogP contribution in [0.3, 0.4) is 0 Å². The van der Waals surface area contributed by atoms with Crippen molar-refractivity contribution >= 4 is 28.9 Å². The maximum Gasteiger partial charge on any atom is 0.330 e. The minimum atomic E-state index is -0.973. The Balaban J connectivity index is 1.50. The molecule has 0 saturated heterocycles. The smallest absolute Gasteiger partial charge is 0.330 e. The van der Waals surface area contributed by atoms with Crippen LogP contribution < -0.4 is 10.1 Å². The maximum atomic E-state index is 12.2. The van der Waals surface area contributed by atoms with Gasteiger partial charge in [-0.2, -0.15) is 16.1 Å². The zero-order chi connectivity index (χ0) is 19.9. The lowest BCUT2D eigenvalue weighted by atomic mass is 10.3. The first-order valence-electron chi connectivity index (χ1n) is 8.58. The second kappa shape index (κ2) is 9.09. The molecule has 0 bridgehead atoms. The molecule has 1 aromatic carbocycles. The van der Waals surface area contributed by atoms with Gasteiger partial charge in [-0.3, -0.25) is 4.79 Å². The van der Waals surface area contributed by atoms with Crippen molar-refractivity contribution in [1.82, 2.24) is 20.2 Å². The molecule has 0 radical (unpaired) electrons. The highest BCUT2D eigenvalue weighted by atomic mass is 32.1. The van der Waals surface area contributed by atoms with Crippen molar-refractivity contribution in [2.24, 2.45) is 0 Å². The number of nitrogens with one attached hydrogen (secondary N) is 1. The molecule has 3 rings (SSSR count). The molecular weight excluding hydrogens is 382 g/mol. The molecule has 10 heteroatoms. The zero-order valence-electron chi connectivity index (χ0n) is 15.4. The molecule has 0 aliphatic heterocycles. The van der Waals surface area contributed by atoms with Crippen LogP contribution in [0, 0.1) is 0 Å². The Morgan fingerprint density at radius 3 is 2.71 bits per heavy atom. The monoisotopic (exact) mass is 401 g/mol. The lowest BCUT2D eigenvalue weighted by Crippen LogP contribution is -2.31. The Hall–Kier alpha value is -3.27. The summed E-state index contributed by atoms with van der Waals surface area (Å²) in [5, 5.41) is 18.3. The summed E-state index contributed by atoms with van der Waals surface area (Å²) in [5.41, 5.74) is 1.41. The molecule has 0 aliphatic carbocycles. The van der Waals surface area contributed by atoms with Gasteiger partial charge >= 0.3 is 5.97 Å². The quantitative estimate of drug-likeness (QED) is 0.577. The predicted molar refractivity (Wildman–Crippen MR) is 103 cm³/mol. The summed E-state index contributed by atoms with van der Waals surface area (Å²) < 4.78 is 10.5. The molecule has 9 nitrogen and oxygen atoms in total. The minimum Gasteiger partial charge on any atom is -0.494 e. The van der Waals surface area contributed by atoms with Gasteiger partial charge in [0, 0.05) is 16.6 Å². The van der Waals surface area contributed by atoms with Crippen LogP contribution >= 0.6 is 11.3 Å². The second-order valence-corrected chi connectivity index (χ2v) is 6.51. The van der Waals surface area contributed by atoms with Gasteiger partial charge in [-0.1, -0.05) is 0 Å². The highest BCUT2D eigenvalue weighted by Gasteiger charge is 2.19. The first-order valence-corrected chi connectivity index (χ1v) is 9.53. The van der Waals surface area contributed by atoms with E-state index in [1.54, 1.807) is 24.3 Å². The number of rotatable bonds is 8. The van der Waals surface area contributed by atoms with Crippen LogP contribution in [0.1, 0.15) is 13.8 Å². The summed E-state index contributed by atoms with van der Waals surface area (Å²) in [7, 11) is 0. The first-order chi connectivity index (χ1) is 13.5. The van der Waals surface area contributed by atoms with Crippen LogP contribution in [0.15, 0.2) is 41.1 Å². The highest BCUT2D eigenvalue weighted by molar-refractivity contribution is 7.08. The molecule has 2 aromatic heterocycles. The third-order valence-electron chi connectivity index (χ3n) is 3.61. The summed E-state index contributed by atoms with van der Waals surface area (Å²) in [6.07, 6.45) is -0.973. The van der Waals surface area contributed by atoms with Crippen molar-refractivity contribution in [2.45, 2.75) is 26.5 Å². The van der Waals surface area contributed by atoms with Crippen molar-refractivity contribution in [2.75, 3.05) is 11.9 Å². The van der Waals surface area contributed by atoms with Gasteiger partial charge in [-0.15, -0.1) is 10.2 Å². The number of aromatic nitrogens is 4. The van der Waals surface area contributed by atoms with Gasteiger partial charge in [0.05, 0.1) is 6.61 Å². The number of ether oxygens (including phenoxy) is 2. The van der Waals surface area contributed by atoms with E-state index in [0.29, 0.717) is 23.9 Å². The number of tetrazole rings is 1. The number of anilines is 1. The lowest BCUT2D eigenvalue weighted by Gasteiger charge is -2.13.